The molecule has 0 N–H and O–H groups in total. The molecule has 6 heteroatoms. The SMILES string of the molecule is Cl.O=c1c2ccccc2ncn1C1CCN(CCN(Cc2ccccc2)c2ccccc2)CC1. The van der Waals surface area contributed by atoms with Crippen LogP contribution in [0.25, 0.3) is 10.9 Å². The lowest BCUT2D eigenvalue weighted by Crippen LogP contribution is -2.41. The maximum atomic E-state index is 13.0. The summed E-state index contributed by atoms with van der Waals surface area (Å²) >= 11 is 0. The van der Waals surface area contributed by atoms with Crippen LogP contribution in [0.1, 0.15) is 24.4 Å². The molecule has 1 aliphatic rings. The van der Waals surface area contributed by atoms with Crippen molar-refractivity contribution in [1.82, 2.24) is 14.5 Å². The number of piperidine rings is 1. The summed E-state index contributed by atoms with van der Waals surface area (Å²) in [6.07, 6.45) is 3.69. The lowest BCUT2D eigenvalue weighted by atomic mass is 10.0. The lowest BCUT2D eigenvalue weighted by molar-refractivity contribution is 0.187. The maximum Gasteiger partial charge on any atom is 0.261 e. The molecule has 0 unspecified atom stereocenters. The first-order valence-corrected chi connectivity index (χ1v) is 11.8. The molecule has 3 aromatic carbocycles. The fraction of sp³-hybridized carbons (Fsp3) is 0.286. The Bertz CT molecular complexity index is 1240. The Morgan fingerprint density at radius 3 is 2.24 bits per heavy atom. The molecule has 1 saturated heterocycles. The average molecular weight is 475 g/mol. The molecule has 0 spiro atoms. The molecule has 4 aromatic rings. The number of fused-ring (bicyclic) bond motifs is 1. The third kappa shape index (κ3) is 5.49. The Morgan fingerprint density at radius 1 is 0.853 bits per heavy atom. The average Bonchev–Trinajstić information content (AvgIpc) is 2.88. The Kier molecular flexibility index (Phi) is 7.99. The van der Waals surface area contributed by atoms with E-state index in [1.54, 1.807) is 6.33 Å². The number of hydrogen-bond donors (Lipinski definition) is 0. The summed E-state index contributed by atoms with van der Waals surface area (Å²) in [6, 6.07) is 29.1. The third-order valence-corrected chi connectivity index (χ3v) is 6.66. The van der Waals surface area contributed by atoms with Crippen LogP contribution < -0.4 is 10.5 Å². The van der Waals surface area contributed by atoms with Gasteiger partial charge in [-0.3, -0.25) is 9.36 Å². The van der Waals surface area contributed by atoms with Crippen LogP contribution in [0, 0.1) is 0 Å². The van der Waals surface area contributed by atoms with Gasteiger partial charge in [0.15, 0.2) is 0 Å². The predicted molar refractivity (Wildman–Crippen MR) is 142 cm³/mol. The van der Waals surface area contributed by atoms with Gasteiger partial charge < -0.3 is 9.80 Å². The van der Waals surface area contributed by atoms with Crippen LogP contribution >= 0.6 is 12.4 Å². The van der Waals surface area contributed by atoms with Gasteiger partial charge in [-0.1, -0.05) is 60.7 Å². The second-order valence-electron chi connectivity index (χ2n) is 8.79. The van der Waals surface area contributed by atoms with Gasteiger partial charge in [-0.05, 0) is 42.7 Å². The molecule has 2 heterocycles. The highest BCUT2D eigenvalue weighted by Crippen LogP contribution is 2.22. The van der Waals surface area contributed by atoms with Crippen molar-refractivity contribution in [1.29, 1.82) is 0 Å². The topological polar surface area (TPSA) is 41.4 Å². The van der Waals surface area contributed by atoms with Gasteiger partial charge in [-0.15, -0.1) is 12.4 Å². The van der Waals surface area contributed by atoms with Crippen LogP contribution in [0.4, 0.5) is 5.69 Å². The van der Waals surface area contributed by atoms with Crippen molar-refractivity contribution in [3.63, 3.8) is 0 Å². The molecule has 176 valence electrons. The summed E-state index contributed by atoms with van der Waals surface area (Å²) < 4.78 is 1.85. The summed E-state index contributed by atoms with van der Waals surface area (Å²) in [7, 11) is 0. The summed E-state index contributed by atoms with van der Waals surface area (Å²) in [4.78, 5) is 22.5. The monoisotopic (exact) mass is 474 g/mol. The second kappa shape index (κ2) is 11.3. The number of para-hydroxylation sites is 2. The number of likely N-dealkylation sites (tertiary alicyclic amines) is 1. The zero-order valence-corrected chi connectivity index (χ0v) is 20.1. The van der Waals surface area contributed by atoms with Gasteiger partial charge in [-0.25, -0.2) is 4.98 Å². The van der Waals surface area contributed by atoms with E-state index in [2.05, 4.69) is 75.4 Å². The Morgan fingerprint density at radius 2 is 1.50 bits per heavy atom. The molecular formula is C28H31ClN4O. The van der Waals surface area contributed by atoms with Gasteiger partial charge in [0.1, 0.15) is 0 Å². The van der Waals surface area contributed by atoms with Crippen molar-refractivity contribution in [3.05, 3.63) is 107 Å². The van der Waals surface area contributed by atoms with E-state index in [1.807, 2.05) is 28.8 Å². The zero-order chi connectivity index (χ0) is 22.5. The van der Waals surface area contributed by atoms with Crippen LogP contribution in [-0.2, 0) is 6.54 Å². The number of hydrogen-bond acceptors (Lipinski definition) is 4. The van der Waals surface area contributed by atoms with Crippen LogP contribution in [0.15, 0.2) is 96.1 Å². The summed E-state index contributed by atoms with van der Waals surface area (Å²) in [5, 5.41) is 0.710. The minimum absolute atomic E-state index is 0. The summed E-state index contributed by atoms with van der Waals surface area (Å²) in [5.41, 5.74) is 3.43. The standard InChI is InChI=1S/C28H30N4O.ClH/c33-28-26-13-7-8-14-27(26)29-22-32(28)25-15-17-30(18-16-25)19-20-31(24-11-5-2-6-12-24)21-23-9-3-1-4-10-23;/h1-14,22,25H,15-21H2;1H. The highest BCUT2D eigenvalue weighted by molar-refractivity contribution is 5.85. The van der Waals surface area contributed by atoms with Crippen molar-refractivity contribution >= 4 is 29.0 Å². The van der Waals surface area contributed by atoms with E-state index in [9.17, 15) is 4.79 Å². The van der Waals surface area contributed by atoms with Crippen LogP contribution in [-0.4, -0.2) is 40.6 Å². The van der Waals surface area contributed by atoms with Crippen LogP contribution in [0.5, 0.6) is 0 Å². The molecule has 0 atom stereocenters. The fourth-order valence-corrected chi connectivity index (χ4v) is 4.77. The number of nitrogens with zero attached hydrogens (tertiary/aromatic N) is 4. The highest BCUT2D eigenvalue weighted by Gasteiger charge is 2.22. The largest absolute Gasteiger partial charge is 0.366 e. The normalized spacial score (nSPS) is 14.6. The van der Waals surface area contributed by atoms with E-state index < -0.39 is 0 Å². The molecule has 1 aromatic heterocycles. The highest BCUT2D eigenvalue weighted by atomic mass is 35.5. The molecule has 5 rings (SSSR count). The molecule has 0 radical (unpaired) electrons. The molecule has 0 aliphatic carbocycles. The Labute approximate surface area is 207 Å². The molecule has 5 nitrogen and oxygen atoms in total. The van der Waals surface area contributed by atoms with E-state index in [0.717, 1.165) is 51.1 Å². The minimum atomic E-state index is 0. The Balaban J connectivity index is 0.00000274. The zero-order valence-electron chi connectivity index (χ0n) is 19.3. The minimum Gasteiger partial charge on any atom is -0.366 e. The first-order valence-electron chi connectivity index (χ1n) is 11.8. The van der Waals surface area contributed by atoms with E-state index >= 15 is 0 Å². The van der Waals surface area contributed by atoms with E-state index in [0.29, 0.717) is 5.39 Å². The van der Waals surface area contributed by atoms with Crippen molar-refractivity contribution < 1.29 is 0 Å². The summed E-state index contributed by atoms with van der Waals surface area (Å²) in [5.74, 6) is 0. The maximum absolute atomic E-state index is 13.0. The quantitative estimate of drug-likeness (QED) is 0.371. The molecule has 0 bridgehead atoms. The van der Waals surface area contributed by atoms with Gasteiger partial charge in [0.25, 0.3) is 5.56 Å². The van der Waals surface area contributed by atoms with Crippen molar-refractivity contribution in [3.8, 4) is 0 Å². The first-order chi connectivity index (χ1) is 16.3. The molecule has 1 aliphatic heterocycles. The second-order valence-corrected chi connectivity index (χ2v) is 8.79. The molecule has 0 saturated carbocycles. The third-order valence-electron chi connectivity index (χ3n) is 6.66. The molecule has 0 amide bonds. The molecule has 1 fully saturated rings. The van der Waals surface area contributed by atoms with Gasteiger partial charge in [-0.2, -0.15) is 0 Å². The van der Waals surface area contributed by atoms with Crippen molar-refractivity contribution in [2.45, 2.75) is 25.4 Å². The van der Waals surface area contributed by atoms with E-state index in [4.69, 9.17) is 0 Å². The van der Waals surface area contributed by atoms with Gasteiger partial charge in [0.2, 0.25) is 0 Å². The predicted octanol–water partition coefficient (Wildman–Crippen LogP) is 5.16. The van der Waals surface area contributed by atoms with Crippen molar-refractivity contribution in [2.75, 3.05) is 31.1 Å². The Hall–Kier alpha value is -3.15. The number of halogens is 1. The summed E-state index contributed by atoms with van der Waals surface area (Å²) in [6.45, 7) is 4.88. The lowest BCUT2D eigenvalue weighted by Gasteiger charge is -2.34. The number of aromatic nitrogens is 2. The number of rotatable bonds is 7. The van der Waals surface area contributed by atoms with Crippen molar-refractivity contribution in [2.24, 2.45) is 0 Å². The van der Waals surface area contributed by atoms with Gasteiger partial charge in [0.05, 0.1) is 17.2 Å². The number of anilines is 1. The van der Waals surface area contributed by atoms with Crippen LogP contribution in [0.3, 0.4) is 0 Å². The van der Waals surface area contributed by atoms with E-state index in [-0.39, 0.29) is 24.0 Å². The first kappa shape index (κ1) is 24.0. The molecule has 34 heavy (non-hydrogen) atoms. The van der Waals surface area contributed by atoms with Gasteiger partial charge in [0, 0.05) is 44.5 Å². The van der Waals surface area contributed by atoms with Gasteiger partial charge >= 0.3 is 0 Å². The smallest absolute Gasteiger partial charge is 0.261 e. The van der Waals surface area contributed by atoms with E-state index in [1.165, 1.54) is 11.3 Å². The fourth-order valence-electron chi connectivity index (χ4n) is 4.77. The molecular weight excluding hydrogens is 444 g/mol. The van der Waals surface area contributed by atoms with Crippen LogP contribution in [0.2, 0.25) is 0 Å². The number of benzene rings is 3.